The van der Waals surface area contributed by atoms with Crippen LogP contribution >= 0.6 is 23.2 Å². The molecule has 90 valence electrons. The third kappa shape index (κ3) is 5.06. The summed E-state index contributed by atoms with van der Waals surface area (Å²) in [7, 11) is 0. The largest absolute Gasteiger partial charge is 0.381 e. The lowest BCUT2D eigenvalue weighted by Crippen LogP contribution is -2.10. The minimum absolute atomic E-state index is 0.679. The number of rotatable bonds is 7. The van der Waals surface area contributed by atoms with Gasteiger partial charge in [-0.25, -0.2) is 0 Å². The molecule has 4 heteroatoms. The van der Waals surface area contributed by atoms with E-state index in [1.54, 1.807) is 12.1 Å². The molecule has 0 aliphatic rings. The zero-order valence-electron chi connectivity index (χ0n) is 9.43. The number of anilines is 1. The summed E-state index contributed by atoms with van der Waals surface area (Å²) in [5.41, 5.74) is 0.855. The minimum atomic E-state index is 0.679. The average molecular weight is 262 g/mol. The number of halogens is 2. The molecule has 0 radical (unpaired) electrons. The molecule has 0 saturated carbocycles. The van der Waals surface area contributed by atoms with Crippen molar-refractivity contribution in [2.75, 3.05) is 25.1 Å². The predicted octanol–water partition coefficient (Wildman–Crippen LogP) is 4.22. The van der Waals surface area contributed by atoms with Gasteiger partial charge in [0.25, 0.3) is 0 Å². The van der Waals surface area contributed by atoms with E-state index < -0.39 is 0 Å². The second-order valence-corrected chi connectivity index (χ2v) is 4.36. The Kier molecular flexibility index (Phi) is 6.62. The molecule has 0 spiro atoms. The first-order valence-electron chi connectivity index (χ1n) is 5.50. The van der Waals surface area contributed by atoms with Crippen LogP contribution in [-0.2, 0) is 4.74 Å². The summed E-state index contributed by atoms with van der Waals surface area (Å²) in [6.45, 7) is 4.39. The molecule has 0 amide bonds. The second kappa shape index (κ2) is 7.77. The summed E-state index contributed by atoms with van der Waals surface area (Å²) >= 11 is 11.9. The van der Waals surface area contributed by atoms with E-state index in [1.807, 2.05) is 6.07 Å². The molecule has 0 atom stereocenters. The number of ether oxygens (including phenoxy) is 1. The predicted molar refractivity (Wildman–Crippen MR) is 70.7 cm³/mol. The van der Waals surface area contributed by atoms with Crippen LogP contribution in [0.5, 0.6) is 0 Å². The molecule has 0 aliphatic heterocycles. The van der Waals surface area contributed by atoms with Crippen molar-refractivity contribution >= 4 is 28.9 Å². The van der Waals surface area contributed by atoms with Crippen LogP contribution in [0.15, 0.2) is 18.2 Å². The van der Waals surface area contributed by atoms with Gasteiger partial charge in [-0.3, -0.25) is 0 Å². The third-order valence-corrected chi connectivity index (χ3v) is 2.70. The summed E-state index contributed by atoms with van der Waals surface area (Å²) < 4.78 is 5.43. The van der Waals surface area contributed by atoms with Crippen molar-refractivity contribution in [1.82, 2.24) is 0 Å². The molecule has 0 fully saturated rings. The molecule has 0 aliphatic carbocycles. The summed E-state index contributed by atoms with van der Waals surface area (Å²) in [6, 6.07) is 5.37. The zero-order chi connectivity index (χ0) is 11.8. The van der Waals surface area contributed by atoms with Crippen LogP contribution < -0.4 is 5.32 Å². The lowest BCUT2D eigenvalue weighted by Gasteiger charge is -2.09. The molecular weight excluding hydrogens is 245 g/mol. The van der Waals surface area contributed by atoms with Gasteiger partial charge in [0, 0.05) is 18.2 Å². The number of hydrogen-bond acceptors (Lipinski definition) is 2. The van der Waals surface area contributed by atoms with Gasteiger partial charge >= 0.3 is 0 Å². The number of unbranched alkanes of at least 4 members (excludes halogenated alkanes) is 1. The Hall–Kier alpha value is -0.440. The lowest BCUT2D eigenvalue weighted by atomic mass is 10.3. The monoisotopic (exact) mass is 261 g/mol. The van der Waals surface area contributed by atoms with Crippen molar-refractivity contribution in [1.29, 1.82) is 0 Å². The van der Waals surface area contributed by atoms with Gasteiger partial charge < -0.3 is 10.1 Å². The highest BCUT2D eigenvalue weighted by Crippen LogP contribution is 2.24. The molecule has 1 aromatic rings. The summed E-state index contributed by atoms with van der Waals surface area (Å²) in [5, 5.41) is 4.55. The lowest BCUT2D eigenvalue weighted by molar-refractivity contribution is 0.141. The number of nitrogens with one attached hydrogen (secondary N) is 1. The zero-order valence-corrected chi connectivity index (χ0v) is 10.9. The molecule has 0 bridgehead atoms. The van der Waals surface area contributed by atoms with Gasteiger partial charge in [-0.2, -0.15) is 0 Å². The van der Waals surface area contributed by atoms with Crippen LogP contribution in [0.3, 0.4) is 0 Å². The molecule has 0 heterocycles. The van der Waals surface area contributed by atoms with Crippen molar-refractivity contribution in [3.63, 3.8) is 0 Å². The molecule has 0 aromatic heterocycles. The Morgan fingerprint density at radius 1 is 1.25 bits per heavy atom. The van der Waals surface area contributed by atoms with E-state index in [4.69, 9.17) is 27.9 Å². The van der Waals surface area contributed by atoms with Gasteiger partial charge in [0.1, 0.15) is 0 Å². The topological polar surface area (TPSA) is 21.3 Å². The highest BCUT2D eigenvalue weighted by Gasteiger charge is 1.99. The molecule has 16 heavy (non-hydrogen) atoms. The Bertz CT molecular complexity index is 318. The molecule has 1 N–H and O–H groups in total. The van der Waals surface area contributed by atoms with E-state index in [0.29, 0.717) is 16.7 Å². The Morgan fingerprint density at radius 2 is 2.06 bits per heavy atom. The van der Waals surface area contributed by atoms with E-state index in [2.05, 4.69) is 12.2 Å². The molecule has 1 aromatic carbocycles. The van der Waals surface area contributed by atoms with Crippen molar-refractivity contribution < 1.29 is 4.74 Å². The van der Waals surface area contributed by atoms with E-state index in [1.165, 1.54) is 0 Å². The summed E-state index contributed by atoms with van der Waals surface area (Å²) in [5.74, 6) is 0. The van der Waals surface area contributed by atoms with Gasteiger partial charge in [0.05, 0.1) is 17.3 Å². The maximum Gasteiger partial charge on any atom is 0.0639 e. The molecule has 0 unspecified atom stereocenters. The second-order valence-electron chi connectivity index (χ2n) is 3.52. The molecule has 2 nitrogen and oxygen atoms in total. The Morgan fingerprint density at radius 3 is 2.81 bits per heavy atom. The number of benzene rings is 1. The van der Waals surface area contributed by atoms with Gasteiger partial charge in [-0.1, -0.05) is 36.5 Å². The van der Waals surface area contributed by atoms with E-state index >= 15 is 0 Å². The highest BCUT2D eigenvalue weighted by atomic mass is 35.5. The van der Waals surface area contributed by atoms with E-state index in [0.717, 1.165) is 31.7 Å². The fourth-order valence-electron chi connectivity index (χ4n) is 1.24. The van der Waals surface area contributed by atoms with Crippen LogP contribution in [0, 0.1) is 0 Å². The van der Waals surface area contributed by atoms with Crippen molar-refractivity contribution in [2.45, 2.75) is 19.8 Å². The Balaban J connectivity index is 2.23. The maximum absolute atomic E-state index is 6.00. The first-order valence-corrected chi connectivity index (χ1v) is 6.26. The summed E-state index contributed by atoms with van der Waals surface area (Å²) in [4.78, 5) is 0. The van der Waals surface area contributed by atoms with E-state index in [-0.39, 0.29) is 0 Å². The van der Waals surface area contributed by atoms with Gasteiger partial charge in [-0.15, -0.1) is 0 Å². The van der Waals surface area contributed by atoms with Crippen LogP contribution in [0.25, 0.3) is 0 Å². The van der Waals surface area contributed by atoms with Crippen LogP contribution in [0.1, 0.15) is 19.8 Å². The van der Waals surface area contributed by atoms with Crippen molar-refractivity contribution in [3.05, 3.63) is 28.2 Å². The number of hydrogen-bond donors (Lipinski definition) is 1. The first kappa shape index (κ1) is 13.6. The Labute approximate surface area is 107 Å². The maximum atomic E-state index is 6.00. The minimum Gasteiger partial charge on any atom is -0.381 e. The quantitative estimate of drug-likeness (QED) is 0.743. The molecule has 1 rings (SSSR count). The van der Waals surface area contributed by atoms with E-state index in [9.17, 15) is 0 Å². The van der Waals surface area contributed by atoms with Gasteiger partial charge in [-0.05, 0) is 24.6 Å². The van der Waals surface area contributed by atoms with Crippen molar-refractivity contribution in [3.8, 4) is 0 Å². The highest BCUT2D eigenvalue weighted by molar-refractivity contribution is 6.35. The fourth-order valence-corrected chi connectivity index (χ4v) is 1.60. The van der Waals surface area contributed by atoms with Gasteiger partial charge in [0.2, 0.25) is 0 Å². The normalized spacial score (nSPS) is 10.4. The average Bonchev–Trinajstić information content (AvgIpc) is 2.28. The summed E-state index contributed by atoms with van der Waals surface area (Å²) in [6.07, 6.45) is 2.27. The molecular formula is C12H17Cl2NO. The van der Waals surface area contributed by atoms with Gasteiger partial charge in [0.15, 0.2) is 0 Å². The standard InChI is InChI=1S/C12H17Cl2NO/c1-2-3-7-16-8-6-15-12-9-10(13)4-5-11(12)14/h4-5,9,15H,2-3,6-8H2,1H3. The third-order valence-electron chi connectivity index (χ3n) is 2.13. The van der Waals surface area contributed by atoms with Crippen LogP contribution in [0.4, 0.5) is 5.69 Å². The SMILES string of the molecule is CCCCOCCNc1cc(Cl)ccc1Cl. The molecule has 0 saturated heterocycles. The smallest absolute Gasteiger partial charge is 0.0639 e. The first-order chi connectivity index (χ1) is 7.74. The van der Waals surface area contributed by atoms with Crippen molar-refractivity contribution in [2.24, 2.45) is 0 Å². The fraction of sp³-hybridized carbons (Fsp3) is 0.500. The van der Waals surface area contributed by atoms with Crippen LogP contribution in [-0.4, -0.2) is 19.8 Å². The van der Waals surface area contributed by atoms with Crippen LogP contribution in [0.2, 0.25) is 10.0 Å².